The van der Waals surface area contributed by atoms with Crippen LogP contribution in [-0.4, -0.2) is 40.4 Å². The van der Waals surface area contributed by atoms with Crippen LogP contribution in [0.1, 0.15) is 17.1 Å². The van der Waals surface area contributed by atoms with E-state index < -0.39 is 0 Å². The van der Waals surface area contributed by atoms with Gasteiger partial charge in [0.25, 0.3) is 0 Å². The molecule has 2 heterocycles. The molecule has 2 aromatic heterocycles. The molecule has 104 valence electrons. The van der Waals surface area contributed by atoms with E-state index in [1.54, 1.807) is 7.11 Å². The van der Waals surface area contributed by atoms with Gasteiger partial charge in [0.15, 0.2) is 0 Å². The Morgan fingerprint density at radius 3 is 2.95 bits per heavy atom. The molecular weight excluding hydrogens is 244 g/mol. The van der Waals surface area contributed by atoms with Gasteiger partial charge in [0.2, 0.25) is 0 Å². The first kappa shape index (κ1) is 13.8. The minimum absolute atomic E-state index is 0.690. The van der Waals surface area contributed by atoms with Crippen molar-refractivity contribution in [3.63, 3.8) is 0 Å². The van der Waals surface area contributed by atoms with Gasteiger partial charge in [-0.05, 0) is 14.0 Å². The van der Waals surface area contributed by atoms with E-state index in [0.29, 0.717) is 6.61 Å². The number of hydrogen-bond acceptors (Lipinski definition) is 5. The molecule has 0 aliphatic heterocycles. The Kier molecular flexibility index (Phi) is 4.70. The van der Waals surface area contributed by atoms with Crippen LogP contribution in [-0.2, 0) is 24.4 Å². The zero-order valence-electron chi connectivity index (χ0n) is 11.7. The third-order valence-electron chi connectivity index (χ3n) is 2.88. The Hall–Kier alpha value is -1.66. The zero-order chi connectivity index (χ0) is 13.7. The van der Waals surface area contributed by atoms with Gasteiger partial charge in [-0.15, -0.1) is 0 Å². The number of methoxy groups -OCH3 is 1. The van der Waals surface area contributed by atoms with Crippen LogP contribution in [0.4, 0.5) is 0 Å². The number of rotatable bonds is 7. The monoisotopic (exact) mass is 264 g/mol. The number of ether oxygens (including phenoxy) is 1. The quantitative estimate of drug-likeness (QED) is 0.757. The molecular formula is C13H20N4O2. The molecule has 6 heteroatoms. The first-order valence-corrected chi connectivity index (χ1v) is 6.27. The molecule has 0 spiro atoms. The predicted octanol–water partition coefficient (Wildman–Crippen LogP) is 1.46. The van der Waals surface area contributed by atoms with E-state index in [-0.39, 0.29) is 0 Å². The van der Waals surface area contributed by atoms with Gasteiger partial charge in [0.05, 0.1) is 24.3 Å². The second-order valence-corrected chi connectivity index (χ2v) is 4.67. The third-order valence-corrected chi connectivity index (χ3v) is 2.88. The van der Waals surface area contributed by atoms with Crippen LogP contribution in [0.5, 0.6) is 0 Å². The van der Waals surface area contributed by atoms with Gasteiger partial charge >= 0.3 is 0 Å². The van der Waals surface area contributed by atoms with E-state index >= 15 is 0 Å². The minimum Gasteiger partial charge on any atom is -0.383 e. The van der Waals surface area contributed by atoms with E-state index in [4.69, 9.17) is 9.26 Å². The second-order valence-electron chi connectivity index (χ2n) is 4.67. The van der Waals surface area contributed by atoms with Gasteiger partial charge in [-0.1, -0.05) is 5.16 Å². The Morgan fingerprint density at radius 1 is 1.42 bits per heavy atom. The van der Waals surface area contributed by atoms with Gasteiger partial charge in [0, 0.05) is 39.0 Å². The fourth-order valence-electron chi connectivity index (χ4n) is 1.97. The molecule has 0 bridgehead atoms. The Morgan fingerprint density at radius 2 is 2.26 bits per heavy atom. The van der Waals surface area contributed by atoms with Gasteiger partial charge in [-0.2, -0.15) is 0 Å². The zero-order valence-corrected chi connectivity index (χ0v) is 11.7. The van der Waals surface area contributed by atoms with Crippen LogP contribution in [0, 0.1) is 6.92 Å². The van der Waals surface area contributed by atoms with Gasteiger partial charge in [-0.3, -0.25) is 4.90 Å². The van der Waals surface area contributed by atoms with Crippen LogP contribution < -0.4 is 0 Å². The lowest BCUT2D eigenvalue weighted by Crippen LogP contribution is -2.20. The van der Waals surface area contributed by atoms with Crippen LogP contribution in [0.15, 0.2) is 23.1 Å². The maximum atomic E-state index is 5.09. The van der Waals surface area contributed by atoms with Crippen molar-refractivity contribution in [2.24, 2.45) is 0 Å². The summed E-state index contributed by atoms with van der Waals surface area (Å²) in [5.74, 6) is 0.841. The van der Waals surface area contributed by atoms with Crippen LogP contribution >= 0.6 is 0 Å². The molecule has 19 heavy (non-hydrogen) atoms. The Balaban J connectivity index is 1.91. The van der Waals surface area contributed by atoms with E-state index in [1.165, 1.54) is 5.69 Å². The molecule has 2 aromatic rings. The average Bonchev–Trinajstić information content (AvgIpc) is 2.96. The average molecular weight is 264 g/mol. The molecule has 0 aliphatic rings. The summed E-state index contributed by atoms with van der Waals surface area (Å²) in [4.78, 5) is 6.36. The number of aromatic nitrogens is 3. The van der Waals surface area contributed by atoms with Crippen molar-refractivity contribution in [1.29, 1.82) is 0 Å². The molecule has 0 N–H and O–H groups in total. The summed E-state index contributed by atoms with van der Waals surface area (Å²) in [6, 6.07) is 1.96. The first-order chi connectivity index (χ1) is 9.19. The maximum absolute atomic E-state index is 5.09. The molecule has 0 saturated heterocycles. The molecule has 0 radical (unpaired) electrons. The summed E-state index contributed by atoms with van der Waals surface area (Å²) in [6.45, 7) is 4.98. The fraction of sp³-hybridized carbons (Fsp3) is 0.538. The van der Waals surface area contributed by atoms with E-state index in [9.17, 15) is 0 Å². The van der Waals surface area contributed by atoms with Crippen molar-refractivity contribution in [2.45, 2.75) is 26.6 Å². The van der Waals surface area contributed by atoms with Crippen molar-refractivity contribution >= 4 is 0 Å². The standard InChI is InChI=1S/C13H20N4O2/c1-11-6-12(15-19-11)8-16(2)9-13-7-14-10-17(13)4-5-18-3/h6-7,10H,4-5,8-9H2,1-3H3. The van der Waals surface area contributed by atoms with E-state index in [1.807, 2.05) is 25.5 Å². The van der Waals surface area contributed by atoms with Crippen molar-refractivity contribution in [1.82, 2.24) is 19.6 Å². The van der Waals surface area contributed by atoms with Crippen LogP contribution in [0.3, 0.4) is 0 Å². The minimum atomic E-state index is 0.690. The highest BCUT2D eigenvalue weighted by Gasteiger charge is 2.08. The van der Waals surface area contributed by atoms with Crippen LogP contribution in [0.2, 0.25) is 0 Å². The number of nitrogens with zero attached hydrogens (tertiary/aromatic N) is 4. The summed E-state index contributed by atoms with van der Waals surface area (Å²) in [7, 11) is 3.76. The van der Waals surface area contributed by atoms with Gasteiger partial charge < -0.3 is 13.8 Å². The second kappa shape index (κ2) is 6.49. The molecule has 6 nitrogen and oxygen atoms in total. The summed E-state index contributed by atoms with van der Waals surface area (Å²) in [6.07, 6.45) is 3.72. The highest BCUT2D eigenvalue weighted by Crippen LogP contribution is 2.08. The fourth-order valence-corrected chi connectivity index (χ4v) is 1.97. The number of hydrogen-bond donors (Lipinski definition) is 0. The predicted molar refractivity (Wildman–Crippen MR) is 70.5 cm³/mol. The summed E-state index contributed by atoms with van der Waals surface area (Å²) < 4.78 is 12.3. The molecule has 0 fully saturated rings. The molecule has 0 aromatic carbocycles. The van der Waals surface area contributed by atoms with E-state index in [0.717, 1.165) is 31.1 Å². The highest BCUT2D eigenvalue weighted by atomic mass is 16.5. The molecule has 0 amide bonds. The highest BCUT2D eigenvalue weighted by molar-refractivity contribution is 5.04. The summed E-state index contributed by atoms with van der Waals surface area (Å²) >= 11 is 0. The molecule has 0 unspecified atom stereocenters. The Bertz CT molecular complexity index is 506. The lowest BCUT2D eigenvalue weighted by molar-refractivity contribution is 0.185. The van der Waals surface area contributed by atoms with Crippen molar-refractivity contribution < 1.29 is 9.26 Å². The van der Waals surface area contributed by atoms with E-state index in [2.05, 4.69) is 26.7 Å². The SMILES string of the molecule is COCCn1cncc1CN(C)Cc1cc(C)on1. The van der Waals surface area contributed by atoms with Gasteiger partial charge in [0.1, 0.15) is 5.76 Å². The maximum Gasteiger partial charge on any atom is 0.133 e. The lowest BCUT2D eigenvalue weighted by atomic mass is 10.3. The van der Waals surface area contributed by atoms with Crippen LogP contribution in [0.25, 0.3) is 0 Å². The van der Waals surface area contributed by atoms with Crippen molar-refractivity contribution in [3.8, 4) is 0 Å². The summed E-state index contributed by atoms with van der Waals surface area (Å²) in [5, 5.41) is 4.00. The molecule has 0 atom stereocenters. The molecule has 0 aliphatic carbocycles. The Labute approximate surface area is 113 Å². The normalized spacial score (nSPS) is 11.4. The molecule has 0 saturated carbocycles. The van der Waals surface area contributed by atoms with Crippen molar-refractivity contribution in [2.75, 3.05) is 20.8 Å². The smallest absolute Gasteiger partial charge is 0.133 e. The largest absolute Gasteiger partial charge is 0.383 e. The number of imidazole rings is 1. The number of aryl methyl sites for hydroxylation is 1. The first-order valence-electron chi connectivity index (χ1n) is 6.27. The third kappa shape index (κ3) is 3.90. The van der Waals surface area contributed by atoms with Crippen molar-refractivity contribution in [3.05, 3.63) is 35.7 Å². The molecule has 2 rings (SSSR count). The topological polar surface area (TPSA) is 56.3 Å². The summed E-state index contributed by atoms with van der Waals surface area (Å²) in [5.41, 5.74) is 2.11. The lowest BCUT2D eigenvalue weighted by Gasteiger charge is -2.16. The van der Waals surface area contributed by atoms with Gasteiger partial charge in [-0.25, -0.2) is 4.98 Å².